The Labute approximate surface area is 130 Å². The van der Waals surface area contributed by atoms with E-state index in [2.05, 4.69) is 69.3 Å². The van der Waals surface area contributed by atoms with Crippen molar-refractivity contribution in [3.8, 4) is 0 Å². The lowest BCUT2D eigenvalue weighted by atomic mass is 9.86. The Bertz CT molecular complexity index is 410. The minimum atomic E-state index is -0.249. The van der Waals surface area contributed by atoms with Crippen LogP contribution in [-0.2, 0) is 0 Å². The predicted molar refractivity (Wildman–Crippen MR) is 91.9 cm³/mol. The maximum absolute atomic E-state index is 9.58. The first-order chi connectivity index (χ1) is 9.75. The van der Waals surface area contributed by atoms with Gasteiger partial charge in [0.05, 0.1) is 6.10 Å². The summed E-state index contributed by atoms with van der Waals surface area (Å²) in [6, 6.07) is 9.12. The van der Waals surface area contributed by atoms with Gasteiger partial charge in [0, 0.05) is 32.4 Å². The van der Waals surface area contributed by atoms with Gasteiger partial charge in [-0.25, -0.2) is 0 Å². The molecule has 2 N–H and O–H groups in total. The zero-order valence-electron chi connectivity index (χ0n) is 14.5. The van der Waals surface area contributed by atoms with Crippen LogP contribution in [0.5, 0.6) is 0 Å². The summed E-state index contributed by atoms with van der Waals surface area (Å²) in [6.45, 7) is 9.38. The highest BCUT2D eigenvalue weighted by Crippen LogP contribution is 2.25. The fourth-order valence-corrected chi connectivity index (χ4v) is 2.77. The molecule has 0 saturated carbocycles. The first-order valence-corrected chi connectivity index (χ1v) is 7.94. The number of benzene rings is 1. The van der Waals surface area contributed by atoms with E-state index in [-0.39, 0.29) is 11.5 Å². The third-order valence-electron chi connectivity index (χ3n) is 3.90. The van der Waals surface area contributed by atoms with E-state index in [1.54, 1.807) is 0 Å². The van der Waals surface area contributed by atoms with Crippen molar-refractivity contribution in [1.82, 2.24) is 5.32 Å². The van der Waals surface area contributed by atoms with Crippen molar-refractivity contribution >= 4 is 5.69 Å². The highest BCUT2D eigenvalue weighted by molar-refractivity contribution is 5.46. The van der Waals surface area contributed by atoms with E-state index < -0.39 is 0 Å². The Morgan fingerprint density at radius 1 is 1.19 bits per heavy atom. The molecule has 0 aliphatic rings. The molecule has 0 bridgehead atoms. The van der Waals surface area contributed by atoms with Gasteiger partial charge < -0.3 is 15.3 Å². The fourth-order valence-electron chi connectivity index (χ4n) is 2.77. The minimum absolute atomic E-state index is 0.102. The molecule has 0 saturated heterocycles. The van der Waals surface area contributed by atoms with E-state index in [4.69, 9.17) is 0 Å². The van der Waals surface area contributed by atoms with Crippen molar-refractivity contribution in [1.29, 1.82) is 0 Å². The molecule has 3 nitrogen and oxygen atoms in total. The van der Waals surface area contributed by atoms with Crippen LogP contribution in [0, 0.1) is 5.41 Å². The van der Waals surface area contributed by atoms with Gasteiger partial charge >= 0.3 is 0 Å². The van der Waals surface area contributed by atoms with Gasteiger partial charge in [-0.3, -0.25) is 0 Å². The van der Waals surface area contributed by atoms with Crippen LogP contribution >= 0.6 is 0 Å². The average Bonchev–Trinajstić information content (AvgIpc) is 2.38. The van der Waals surface area contributed by atoms with Gasteiger partial charge in [-0.2, -0.15) is 0 Å². The highest BCUT2D eigenvalue weighted by atomic mass is 16.3. The smallest absolute Gasteiger partial charge is 0.0517 e. The molecule has 0 spiro atoms. The Balaban J connectivity index is 2.66. The second-order valence-corrected chi connectivity index (χ2v) is 7.05. The molecular formula is C18H32N2O. The molecule has 3 heteroatoms. The summed E-state index contributed by atoms with van der Waals surface area (Å²) in [5.41, 5.74) is 2.66. The molecule has 1 aromatic rings. The Hall–Kier alpha value is -1.06. The van der Waals surface area contributed by atoms with Gasteiger partial charge in [-0.1, -0.05) is 32.9 Å². The van der Waals surface area contributed by atoms with Crippen molar-refractivity contribution in [3.05, 3.63) is 29.8 Å². The van der Waals surface area contributed by atoms with Crippen LogP contribution in [0.1, 0.15) is 52.1 Å². The first kappa shape index (κ1) is 18.0. The molecule has 21 heavy (non-hydrogen) atoms. The Morgan fingerprint density at radius 3 is 2.19 bits per heavy atom. The summed E-state index contributed by atoms with van der Waals surface area (Å²) in [4.78, 5) is 2.11. The lowest BCUT2D eigenvalue weighted by Gasteiger charge is -2.29. The van der Waals surface area contributed by atoms with E-state index in [0.717, 1.165) is 19.4 Å². The molecule has 0 amide bonds. The Kier molecular flexibility index (Phi) is 6.69. The predicted octanol–water partition coefficient (Wildman–Crippen LogP) is 3.59. The topological polar surface area (TPSA) is 35.5 Å². The number of rotatable bonds is 8. The van der Waals surface area contributed by atoms with Crippen LogP contribution in [0.2, 0.25) is 0 Å². The van der Waals surface area contributed by atoms with Gasteiger partial charge in [0.25, 0.3) is 0 Å². The second-order valence-electron chi connectivity index (χ2n) is 7.05. The summed E-state index contributed by atoms with van der Waals surface area (Å²) in [5.74, 6) is 0. The minimum Gasteiger partial charge on any atom is -0.393 e. The van der Waals surface area contributed by atoms with Crippen LogP contribution in [0.4, 0.5) is 5.69 Å². The quantitative estimate of drug-likeness (QED) is 0.768. The van der Waals surface area contributed by atoms with E-state index in [1.807, 2.05) is 6.92 Å². The molecule has 1 aromatic carbocycles. The second kappa shape index (κ2) is 7.81. The van der Waals surface area contributed by atoms with E-state index in [1.165, 1.54) is 11.3 Å². The van der Waals surface area contributed by atoms with Crippen molar-refractivity contribution in [2.45, 2.75) is 52.7 Å². The summed E-state index contributed by atoms with van der Waals surface area (Å²) in [7, 11) is 4.12. The molecule has 2 unspecified atom stereocenters. The number of anilines is 1. The average molecular weight is 292 g/mol. The van der Waals surface area contributed by atoms with Crippen molar-refractivity contribution in [2.75, 3.05) is 25.5 Å². The number of nitrogens with one attached hydrogen (secondary N) is 1. The number of hydrogen-bond donors (Lipinski definition) is 2. The van der Waals surface area contributed by atoms with Crippen LogP contribution in [0.25, 0.3) is 0 Å². The molecule has 0 fully saturated rings. The molecule has 1 rings (SSSR count). The maximum Gasteiger partial charge on any atom is 0.0517 e. The van der Waals surface area contributed by atoms with E-state index in [0.29, 0.717) is 6.04 Å². The zero-order chi connectivity index (χ0) is 16.0. The van der Waals surface area contributed by atoms with Crippen molar-refractivity contribution in [3.63, 3.8) is 0 Å². The monoisotopic (exact) mass is 292 g/mol. The third-order valence-corrected chi connectivity index (χ3v) is 3.90. The maximum atomic E-state index is 9.58. The number of nitrogens with zero attached hydrogens (tertiary/aromatic N) is 1. The largest absolute Gasteiger partial charge is 0.393 e. The summed E-state index contributed by atoms with van der Waals surface area (Å²) in [5, 5.41) is 13.2. The molecule has 0 radical (unpaired) electrons. The molecule has 120 valence electrons. The molecule has 0 heterocycles. The standard InChI is InChI=1S/C18H32N2O/c1-7-17(19-13-18(3,4)12-14(2)21)15-8-10-16(11-9-15)20(5)6/h8-11,14,17,19,21H,7,12-13H2,1-6H3. The van der Waals surface area contributed by atoms with Crippen LogP contribution in [0.15, 0.2) is 24.3 Å². The lowest BCUT2D eigenvalue weighted by molar-refractivity contribution is 0.126. The van der Waals surface area contributed by atoms with Crippen LogP contribution in [0.3, 0.4) is 0 Å². The molecule has 0 aliphatic carbocycles. The normalized spacial score (nSPS) is 14.8. The Morgan fingerprint density at radius 2 is 1.76 bits per heavy atom. The number of aliphatic hydroxyl groups excluding tert-OH is 1. The van der Waals surface area contributed by atoms with Crippen molar-refractivity contribution in [2.24, 2.45) is 5.41 Å². The first-order valence-electron chi connectivity index (χ1n) is 7.94. The summed E-state index contributed by atoms with van der Waals surface area (Å²) >= 11 is 0. The van der Waals surface area contributed by atoms with E-state index in [9.17, 15) is 5.11 Å². The van der Waals surface area contributed by atoms with Crippen LogP contribution < -0.4 is 10.2 Å². The summed E-state index contributed by atoms with van der Waals surface area (Å²) in [6.07, 6.45) is 1.63. The molecule has 2 atom stereocenters. The van der Waals surface area contributed by atoms with Gasteiger partial charge in [-0.05, 0) is 42.9 Å². The van der Waals surface area contributed by atoms with Crippen LogP contribution in [-0.4, -0.2) is 31.9 Å². The summed E-state index contributed by atoms with van der Waals surface area (Å²) < 4.78 is 0. The highest BCUT2D eigenvalue weighted by Gasteiger charge is 2.21. The van der Waals surface area contributed by atoms with Gasteiger partial charge in [0.1, 0.15) is 0 Å². The molecule has 0 aliphatic heterocycles. The zero-order valence-corrected chi connectivity index (χ0v) is 14.5. The number of aliphatic hydroxyl groups is 1. The fraction of sp³-hybridized carbons (Fsp3) is 0.667. The van der Waals surface area contributed by atoms with Gasteiger partial charge in [-0.15, -0.1) is 0 Å². The molecular weight excluding hydrogens is 260 g/mol. The number of hydrogen-bond acceptors (Lipinski definition) is 3. The SMILES string of the molecule is CCC(NCC(C)(C)CC(C)O)c1ccc(N(C)C)cc1. The van der Waals surface area contributed by atoms with E-state index >= 15 is 0 Å². The van der Waals surface area contributed by atoms with Gasteiger partial charge in [0.2, 0.25) is 0 Å². The van der Waals surface area contributed by atoms with Crippen molar-refractivity contribution < 1.29 is 5.11 Å². The third kappa shape index (κ3) is 6.06. The lowest BCUT2D eigenvalue weighted by Crippen LogP contribution is -2.34. The molecule has 0 aromatic heterocycles. The van der Waals surface area contributed by atoms with Gasteiger partial charge in [0.15, 0.2) is 0 Å².